The Hall–Kier alpha value is -2.88. The molecular weight excluding hydrogens is 529 g/mol. The van der Waals surface area contributed by atoms with E-state index in [1.807, 2.05) is 76.2 Å². The zero-order valence-electron chi connectivity index (χ0n) is 19.7. The van der Waals surface area contributed by atoms with Crippen molar-refractivity contribution < 1.29 is 9.21 Å². The predicted molar refractivity (Wildman–Crippen MR) is 143 cm³/mol. The lowest BCUT2D eigenvalue weighted by molar-refractivity contribution is 0.0919. The molecule has 1 aromatic heterocycles. The van der Waals surface area contributed by atoms with E-state index in [4.69, 9.17) is 4.42 Å². The number of amides is 1. The molecule has 1 heterocycles. The molecule has 0 radical (unpaired) electrons. The molecule has 176 valence electrons. The minimum atomic E-state index is -0.280. The lowest BCUT2D eigenvalue weighted by atomic mass is 10.1. The minimum Gasteiger partial charge on any atom is -0.444 e. The second-order valence-electron chi connectivity index (χ2n) is 8.69. The van der Waals surface area contributed by atoms with E-state index in [2.05, 4.69) is 25.9 Å². The average Bonchev–Trinajstić information content (AvgIpc) is 3.22. The molecule has 0 fully saturated rings. The fourth-order valence-corrected chi connectivity index (χ4v) is 3.03. The number of hydrogen-bond donors (Lipinski definition) is 3. The Morgan fingerprint density at radius 1 is 1.06 bits per heavy atom. The highest BCUT2D eigenvalue weighted by molar-refractivity contribution is 14.0. The summed E-state index contributed by atoms with van der Waals surface area (Å²) >= 11 is 0. The Balaban J connectivity index is 0.00000385. The molecule has 0 saturated heterocycles. The molecule has 1 amide bonds. The van der Waals surface area contributed by atoms with Crippen molar-refractivity contribution in [3.63, 3.8) is 0 Å². The van der Waals surface area contributed by atoms with Crippen LogP contribution < -0.4 is 16.0 Å². The van der Waals surface area contributed by atoms with Crippen molar-refractivity contribution >= 4 is 35.8 Å². The number of rotatable bonds is 6. The summed E-state index contributed by atoms with van der Waals surface area (Å²) in [7, 11) is 1.71. The number of carbonyl (C=O) groups is 1. The number of halogens is 1. The quantitative estimate of drug-likeness (QED) is 0.231. The third kappa shape index (κ3) is 8.20. The van der Waals surface area contributed by atoms with E-state index < -0.39 is 0 Å². The van der Waals surface area contributed by atoms with Gasteiger partial charge in [-0.15, -0.1) is 24.0 Å². The van der Waals surface area contributed by atoms with Crippen molar-refractivity contribution in [2.24, 2.45) is 4.99 Å². The van der Waals surface area contributed by atoms with Crippen molar-refractivity contribution in [3.8, 4) is 11.5 Å². The van der Waals surface area contributed by atoms with Crippen molar-refractivity contribution in [2.45, 2.75) is 46.3 Å². The molecule has 0 atom stereocenters. The molecule has 3 rings (SSSR count). The fourth-order valence-electron chi connectivity index (χ4n) is 3.03. The molecule has 0 bridgehead atoms. The fraction of sp³-hybridized carbons (Fsp3) is 0.320. The normalized spacial score (nSPS) is 11.5. The van der Waals surface area contributed by atoms with Gasteiger partial charge < -0.3 is 20.4 Å². The summed E-state index contributed by atoms with van der Waals surface area (Å²) in [5.74, 6) is 1.14. The Kier molecular flexibility index (Phi) is 9.45. The lowest BCUT2D eigenvalue weighted by Gasteiger charge is -2.20. The summed E-state index contributed by atoms with van der Waals surface area (Å²) in [5.41, 5.74) is 4.25. The van der Waals surface area contributed by atoms with Crippen LogP contribution in [0.5, 0.6) is 0 Å². The van der Waals surface area contributed by atoms with E-state index >= 15 is 0 Å². The molecule has 2 aromatic carbocycles. The first-order valence-corrected chi connectivity index (χ1v) is 10.6. The number of nitrogens with zero attached hydrogens (tertiary/aromatic N) is 2. The molecule has 0 aliphatic heterocycles. The average molecular weight is 561 g/mol. The zero-order valence-corrected chi connectivity index (χ0v) is 22.1. The van der Waals surface area contributed by atoms with Crippen LogP contribution in [0.15, 0.2) is 64.2 Å². The number of carbonyl (C=O) groups excluding carboxylic acids is 1. The number of nitrogens with one attached hydrogen (secondary N) is 3. The lowest BCUT2D eigenvalue weighted by Crippen LogP contribution is -2.40. The van der Waals surface area contributed by atoms with Crippen LogP contribution >= 0.6 is 24.0 Å². The third-order valence-electron chi connectivity index (χ3n) is 4.65. The zero-order chi connectivity index (χ0) is 23.1. The summed E-state index contributed by atoms with van der Waals surface area (Å²) in [6.07, 6.45) is 1.65. The van der Waals surface area contributed by atoms with Crippen LogP contribution in [-0.4, -0.2) is 29.4 Å². The molecule has 3 N–H and O–H groups in total. The summed E-state index contributed by atoms with van der Waals surface area (Å²) in [5, 5.41) is 9.48. The van der Waals surface area contributed by atoms with Crippen LogP contribution in [0.1, 0.15) is 48.0 Å². The van der Waals surface area contributed by atoms with Crippen molar-refractivity contribution in [1.29, 1.82) is 0 Å². The van der Waals surface area contributed by atoms with Gasteiger partial charge in [-0.25, -0.2) is 4.98 Å². The maximum Gasteiger partial charge on any atom is 0.251 e. The largest absolute Gasteiger partial charge is 0.444 e. The van der Waals surface area contributed by atoms with Gasteiger partial charge in [-0.05, 0) is 57.5 Å². The molecular formula is C25H32IN5O2. The molecule has 0 aliphatic rings. The van der Waals surface area contributed by atoms with Gasteiger partial charge in [-0.3, -0.25) is 9.79 Å². The van der Waals surface area contributed by atoms with Gasteiger partial charge in [0.15, 0.2) is 5.96 Å². The number of aromatic nitrogens is 1. The smallest absolute Gasteiger partial charge is 0.251 e. The number of hydrogen-bond acceptors (Lipinski definition) is 4. The van der Waals surface area contributed by atoms with E-state index in [1.165, 1.54) is 5.56 Å². The van der Waals surface area contributed by atoms with Crippen molar-refractivity contribution in [2.75, 3.05) is 7.05 Å². The van der Waals surface area contributed by atoms with Crippen LogP contribution in [-0.2, 0) is 13.1 Å². The first-order chi connectivity index (χ1) is 15.2. The second-order valence-corrected chi connectivity index (χ2v) is 8.69. The van der Waals surface area contributed by atoms with Gasteiger partial charge in [0.25, 0.3) is 5.91 Å². The monoisotopic (exact) mass is 561 g/mol. The number of aliphatic imine (C=N–C) groups is 1. The van der Waals surface area contributed by atoms with Crippen LogP contribution in [0.3, 0.4) is 0 Å². The van der Waals surface area contributed by atoms with E-state index in [0.717, 1.165) is 16.8 Å². The second kappa shape index (κ2) is 11.8. The highest BCUT2D eigenvalue weighted by Crippen LogP contribution is 2.19. The maximum atomic E-state index is 12.4. The Bertz CT molecular complexity index is 1080. The SMILES string of the molecule is CN=C(NCc1cccc(C(=O)NC(C)(C)C)c1)NCc1coc(-c2ccc(C)cc2)n1.I. The first kappa shape index (κ1) is 26.4. The molecule has 7 nitrogen and oxygen atoms in total. The summed E-state index contributed by atoms with van der Waals surface area (Å²) < 4.78 is 5.61. The number of oxazole rings is 1. The standard InChI is InChI=1S/C25H31N5O2.HI/c1-17-9-11-19(12-10-17)23-29-21(16-32-23)15-28-24(26-5)27-14-18-7-6-8-20(13-18)22(31)30-25(2,3)4;/h6-13,16H,14-15H2,1-5H3,(H,30,31)(H2,26,27,28);1H. The van der Waals surface area contributed by atoms with Gasteiger partial charge in [-0.2, -0.15) is 0 Å². The summed E-state index contributed by atoms with van der Waals surface area (Å²) in [6.45, 7) is 8.94. The summed E-state index contributed by atoms with van der Waals surface area (Å²) in [6, 6.07) is 15.6. The van der Waals surface area contributed by atoms with E-state index in [-0.39, 0.29) is 35.4 Å². The van der Waals surface area contributed by atoms with Gasteiger partial charge in [-0.1, -0.05) is 29.8 Å². The van der Waals surface area contributed by atoms with Crippen LogP contribution in [0, 0.1) is 6.92 Å². The predicted octanol–water partition coefficient (Wildman–Crippen LogP) is 4.66. The molecule has 33 heavy (non-hydrogen) atoms. The van der Waals surface area contributed by atoms with E-state index in [1.54, 1.807) is 13.3 Å². The molecule has 0 aliphatic carbocycles. The number of guanidine groups is 1. The Morgan fingerprint density at radius 3 is 2.42 bits per heavy atom. The van der Waals surface area contributed by atoms with Gasteiger partial charge in [0, 0.05) is 30.3 Å². The minimum absolute atomic E-state index is 0. The number of benzene rings is 2. The van der Waals surface area contributed by atoms with Gasteiger partial charge in [0.05, 0.1) is 12.2 Å². The van der Waals surface area contributed by atoms with Crippen LogP contribution in [0.2, 0.25) is 0 Å². The van der Waals surface area contributed by atoms with Crippen molar-refractivity contribution in [1.82, 2.24) is 20.9 Å². The highest BCUT2D eigenvalue weighted by Gasteiger charge is 2.15. The molecule has 0 spiro atoms. The topological polar surface area (TPSA) is 91.5 Å². The van der Waals surface area contributed by atoms with Crippen LogP contribution in [0.25, 0.3) is 11.5 Å². The van der Waals surface area contributed by atoms with Crippen molar-refractivity contribution in [3.05, 3.63) is 77.2 Å². The highest BCUT2D eigenvalue weighted by atomic mass is 127. The van der Waals surface area contributed by atoms with Gasteiger partial charge in [0.2, 0.25) is 5.89 Å². The molecule has 0 unspecified atom stereocenters. The first-order valence-electron chi connectivity index (χ1n) is 10.6. The molecule has 3 aromatic rings. The van der Waals surface area contributed by atoms with Gasteiger partial charge >= 0.3 is 0 Å². The maximum absolute atomic E-state index is 12.4. The van der Waals surface area contributed by atoms with E-state index in [0.29, 0.717) is 30.5 Å². The Morgan fingerprint density at radius 2 is 1.76 bits per heavy atom. The van der Waals surface area contributed by atoms with E-state index in [9.17, 15) is 4.79 Å². The third-order valence-corrected chi connectivity index (χ3v) is 4.65. The molecule has 8 heteroatoms. The Labute approximate surface area is 212 Å². The summed E-state index contributed by atoms with van der Waals surface area (Å²) in [4.78, 5) is 21.2. The van der Waals surface area contributed by atoms with Crippen LogP contribution in [0.4, 0.5) is 0 Å². The van der Waals surface area contributed by atoms with Gasteiger partial charge in [0.1, 0.15) is 6.26 Å². The number of aryl methyl sites for hydroxylation is 1. The molecule has 0 saturated carbocycles.